The topological polar surface area (TPSA) is 102 Å². The van der Waals surface area contributed by atoms with E-state index in [1.165, 1.54) is 4.68 Å². The Morgan fingerprint density at radius 2 is 2.03 bits per heavy atom. The molecule has 5 rings (SSSR count). The normalized spacial score (nSPS) is 12.8. The molecular formula is C26H27N5O3S. The second-order valence-corrected chi connectivity index (χ2v) is 9.45. The van der Waals surface area contributed by atoms with Crippen molar-refractivity contribution in [3.63, 3.8) is 0 Å². The predicted octanol–water partition coefficient (Wildman–Crippen LogP) is 4.99. The Balaban J connectivity index is 1.45. The maximum atomic E-state index is 13.1. The Bertz CT molecular complexity index is 1370. The van der Waals surface area contributed by atoms with Crippen molar-refractivity contribution in [2.24, 2.45) is 0 Å². The standard InChI is InChI=1S/C26H27N5O3S/c1-2-3-14-34-18-12-10-17(11-13-18)24(32)28-23-16-21(22-9-6-15-35-22)30-31(23)26-27-20-8-5-4-7-19(20)25(33)29-26/h6,9-13,15-16H,2-5,7-8,14H2,1H3,(H,28,32)(H,27,29,33). The fourth-order valence-electron chi connectivity index (χ4n) is 4.09. The summed E-state index contributed by atoms with van der Waals surface area (Å²) < 4.78 is 7.20. The van der Waals surface area contributed by atoms with Crippen molar-refractivity contribution < 1.29 is 9.53 Å². The number of aromatic amines is 1. The van der Waals surface area contributed by atoms with Crippen LogP contribution in [0.3, 0.4) is 0 Å². The van der Waals surface area contributed by atoms with Crippen molar-refractivity contribution in [1.29, 1.82) is 0 Å². The highest BCUT2D eigenvalue weighted by molar-refractivity contribution is 7.13. The van der Waals surface area contributed by atoms with Gasteiger partial charge in [0, 0.05) is 17.2 Å². The van der Waals surface area contributed by atoms with E-state index in [0.29, 0.717) is 29.6 Å². The van der Waals surface area contributed by atoms with Crippen LogP contribution in [0.5, 0.6) is 5.75 Å². The van der Waals surface area contributed by atoms with Crippen LogP contribution in [0, 0.1) is 0 Å². The molecule has 0 radical (unpaired) electrons. The number of H-pyrrole nitrogens is 1. The second kappa shape index (κ2) is 10.3. The molecular weight excluding hydrogens is 462 g/mol. The van der Waals surface area contributed by atoms with E-state index in [-0.39, 0.29) is 11.5 Å². The van der Waals surface area contributed by atoms with Gasteiger partial charge in [-0.3, -0.25) is 14.6 Å². The minimum Gasteiger partial charge on any atom is -0.494 e. The van der Waals surface area contributed by atoms with Gasteiger partial charge in [-0.1, -0.05) is 19.4 Å². The first-order valence-electron chi connectivity index (χ1n) is 11.9. The summed E-state index contributed by atoms with van der Waals surface area (Å²) in [7, 11) is 0. The number of hydrogen-bond donors (Lipinski definition) is 2. The number of carbonyl (C=O) groups is 1. The molecule has 0 fully saturated rings. The van der Waals surface area contributed by atoms with Crippen molar-refractivity contribution in [1.82, 2.24) is 19.7 Å². The molecule has 0 spiro atoms. The number of unbranched alkanes of at least 4 members (excludes halogenated alkanes) is 1. The van der Waals surface area contributed by atoms with Gasteiger partial charge < -0.3 is 10.1 Å². The lowest BCUT2D eigenvalue weighted by atomic mass is 9.97. The number of aryl methyl sites for hydroxylation is 1. The average molecular weight is 490 g/mol. The second-order valence-electron chi connectivity index (χ2n) is 8.51. The number of nitrogens with one attached hydrogen (secondary N) is 2. The van der Waals surface area contributed by atoms with Gasteiger partial charge in [0.1, 0.15) is 17.3 Å². The summed E-state index contributed by atoms with van der Waals surface area (Å²) in [6.07, 6.45) is 5.54. The first-order valence-corrected chi connectivity index (χ1v) is 12.8. The van der Waals surface area contributed by atoms with Crippen LogP contribution in [0.4, 0.5) is 5.82 Å². The first kappa shape index (κ1) is 23.0. The molecule has 0 aliphatic heterocycles. The SMILES string of the molecule is CCCCOc1ccc(C(=O)Nc2cc(-c3cccs3)nn2-c2nc3c(c(=O)[nH]2)CCCC3)cc1. The zero-order chi connectivity index (χ0) is 24.2. The van der Waals surface area contributed by atoms with Gasteiger partial charge in [-0.15, -0.1) is 11.3 Å². The van der Waals surface area contributed by atoms with E-state index < -0.39 is 0 Å². The van der Waals surface area contributed by atoms with E-state index in [1.807, 2.05) is 17.5 Å². The smallest absolute Gasteiger partial charge is 0.256 e. The van der Waals surface area contributed by atoms with Crippen molar-refractivity contribution in [3.8, 4) is 22.3 Å². The minimum atomic E-state index is -0.288. The quantitative estimate of drug-likeness (QED) is 0.339. The maximum Gasteiger partial charge on any atom is 0.256 e. The third-order valence-electron chi connectivity index (χ3n) is 5.99. The molecule has 1 aromatic carbocycles. The molecule has 1 aliphatic rings. The molecule has 0 atom stereocenters. The van der Waals surface area contributed by atoms with Gasteiger partial charge in [0.25, 0.3) is 11.5 Å². The fourth-order valence-corrected chi connectivity index (χ4v) is 4.77. The maximum absolute atomic E-state index is 13.1. The van der Waals surface area contributed by atoms with Gasteiger partial charge in [0.05, 0.1) is 17.2 Å². The summed E-state index contributed by atoms with van der Waals surface area (Å²) in [6.45, 7) is 2.76. The van der Waals surface area contributed by atoms with Gasteiger partial charge >= 0.3 is 0 Å². The van der Waals surface area contributed by atoms with E-state index in [9.17, 15) is 9.59 Å². The molecule has 0 unspecified atom stereocenters. The highest BCUT2D eigenvalue weighted by atomic mass is 32.1. The average Bonchev–Trinajstić information content (AvgIpc) is 3.55. The summed E-state index contributed by atoms with van der Waals surface area (Å²) in [5.74, 6) is 1.18. The summed E-state index contributed by atoms with van der Waals surface area (Å²) in [4.78, 5) is 34.3. The molecule has 0 saturated carbocycles. The van der Waals surface area contributed by atoms with Crippen LogP contribution in [0.2, 0.25) is 0 Å². The summed E-state index contributed by atoms with van der Waals surface area (Å²) in [5, 5.41) is 9.59. The minimum absolute atomic E-state index is 0.145. The van der Waals surface area contributed by atoms with E-state index in [2.05, 4.69) is 22.3 Å². The van der Waals surface area contributed by atoms with Crippen LogP contribution in [0.25, 0.3) is 16.5 Å². The Morgan fingerprint density at radius 3 is 2.80 bits per heavy atom. The Labute approximate surface area is 207 Å². The monoisotopic (exact) mass is 489 g/mol. The number of aromatic nitrogens is 4. The highest BCUT2D eigenvalue weighted by Gasteiger charge is 2.20. The molecule has 9 heteroatoms. The molecule has 3 aromatic heterocycles. The van der Waals surface area contributed by atoms with E-state index in [1.54, 1.807) is 41.7 Å². The molecule has 180 valence electrons. The predicted molar refractivity (Wildman–Crippen MR) is 137 cm³/mol. The molecule has 8 nitrogen and oxygen atoms in total. The summed E-state index contributed by atoms with van der Waals surface area (Å²) in [6, 6.07) is 12.8. The molecule has 4 aromatic rings. The molecule has 2 N–H and O–H groups in total. The van der Waals surface area contributed by atoms with Gasteiger partial charge in [-0.25, -0.2) is 4.98 Å². The lowest BCUT2D eigenvalue weighted by Crippen LogP contribution is -2.24. The van der Waals surface area contributed by atoms with Gasteiger partial charge in [-0.2, -0.15) is 9.78 Å². The third kappa shape index (κ3) is 5.05. The summed E-state index contributed by atoms with van der Waals surface area (Å²) >= 11 is 1.55. The molecule has 1 aliphatic carbocycles. The lowest BCUT2D eigenvalue weighted by molar-refractivity contribution is 0.102. The number of benzene rings is 1. The highest BCUT2D eigenvalue weighted by Crippen LogP contribution is 2.28. The number of ether oxygens (including phenoxy) is 1. The van der Waals surface area contributed by atoms with Crippen molar-refractivity contribution in [3.05, 3.63) is 75.0 Å². The van der Waals surface area contributed by atoms with Gasteiger partial charge in [0.2, 0.25) is 5.95 Å². The van der Waals surface area contributed by atoms with Crippen molar-refractivity contribution in [2.45, 2.75) is 45.4 Å². The number of carbonyl (C=O) groups excluding carboxylic acids is 1. The van der Waals surface area contributed by atoms with E-state index in [4.69, 9.17) is 9.72 Å². The van der Waals surface area contributed by atoms with Crippen LogP contribution >= 0.6 is 11.3 Å². The summed E-state index contributed by atoms with van der Waals surface area (Å²) in [5.41, 5.74) is 2.59. The third-order valence-corrected chi connectivity index (χ3v) is 6.88. The van der Waals surface area contributed by atoms with E-state index in [0.717, 1.165) is 60.4 Å². The number of amides is 1. The number of anilines is 1. The molecule has 3 heterocycles. The van der Waals surface area contributed by atoms with Crippen molar-refractivity contribution in [2.75, 3.05) is 11.9 Å². The Kier molecular flexibility index (Phi) is 6.76. The van der Waals surface area contributed by atoms with Crippen LogP contribution in [0.15, 0.2) is 52.6 Å². The Morgan fingerprint density at radius 1 is 1.20 bits per heavy atom. The fraction of sp³-hybridized carbons (Fsp3) is 0.308. The molecule has 0 saturated heterocycles. The Hall–Kier alpha value is -3.72. The number of rotatable bonds is 8. The van der Waals surface area contributed by atoms with Crippen LogP contribution in [-0.2, 0) is 12.8 Å². The molecule has 1 amide bonds. The number of hydrogen-bond acceptors (Lipinski definition) is 6. The largest absolute Gasteiger partial charge is 0.494 e. The van der Waals surface area contributed by atoms with Crippen molar-refractivity contribution >= 4 is 23.1 Å². The van der Waals surface area contributed by atoms with Crippen LogP contribution < -0.4 is 15.6 Å². The van der Waals surface area contributed by atoms with Crippen LogP contribution in [0.1, 0.15) is 54.2 Å². The number of thiophene rings is 1. The zero-order valence-corrected chi connectivity index (χ0v) is 20.4. The molecule has 0 bridgehead atoms. The molecule has 35 heavy (non-hydrogen) atoms. The van der Waals surface area contributed by atoms with E-state index >= 15 is 0 Å². The number of fused-ring (bicyclic) bond motifs is 1. The lowest BCUT2D eigenvalue weighted by Gasteiger charge is -2.15. The van der Waals surface area contributed by atoms with Gasteiger partial charge in [0.15, 0.2) is 0 Å². The van der Waals surface area contributed by atoms with Gasteiger partial charge in [-0.05, 0) is 67.8 Å². The van der Waals surface area contributed by atoms with Crippen LogP contribution in [-0.4, -0.2) is 32.3 Å². The first-order chi connectivity index (χ1) is 17.1. The zero-order valence-electron chi connectivity index (χ0n) is 19.5. The number of nitrogens with zero attached hydrogens (tertiary/aromatic N) is 3.